The minimum Gasteiger partial charge on any atom is -0.411 e. The summed E-state index contributed by atoms with van der Waals surface area (Å²) >= 11 is 0. The molecule has 1 fully saturated rings. The van der Waals surface area contributed by atoms with E-state index in [2.05, 4.69) is 5.16 Å². The van der Waals surface area contributed by atoms with Crippen molar-refractivity contribution in [2.75, 3.05) is 0 Å². The first-order chi connectivity index (χ1) is 7.84. The van der Waals surface area contributed by atoms with Gasteiger partial charge in [0.2, 0.25) is 0 Å². The van der Waals surface area contributed by atoms with Gasteiger partial charge in [0, 0.05) is 5.92 Å². The minimum atomic E-state index is 0.532. The molecule has 0 amide bonds. The predicted molar refractivity (Wildman–Crippen MR) is 69.2 cm³/mol. The number of hydrogen-bond donors (Lipinski definition) is 1. The summed E-state index contributed by atoms with van der Waals surface area (Å²) in [6.45, 7) is 1.97. The summed E-state index contributed by atoms with van der Waals surface area (Å²) in [5, 5.41) is 12.3. The van der Waals surface area contributed by atoms with E-state index in [1.807, 2.05) is 6.92 Å². The summed E-state index contributed by atoms with van der Waals surface area (Å²) in [6.07, 6.45) is 14.8. The van der Waals surface area contributed by atoms with Crippen molar-refractivity contribution in [1.29, 1.82) is 0 Å². The molecule has 0 radical (unpaired) electrons. The third kappa shape index (κ3) is 5.53. The van der Waals surface area contributed by atoms with Crippen LogP contribution in [0, 0.1) is 5.92 Å². The SMILES string of the molecule is CC(=NO)C1CCCCCCCCCCC1. The molecule has 1 aliphatic rings. The Bertz CT molecular complexity index is 189. The summed E-state index contributed by atoms with van der Waals surface area (Å²) in [4.78, 5) is 0. The van der Waals surface area contributed by atoms with Crippen molar-refractivity contribution in [2.24, 2.45) is 11.1 Å². The Hall–Kier alpha value is -0.530. The van der Waals surface area contributed by atoms with Crippen LogP contribution in [0.1, 0.15) is 77.6 Å². The zero-order valence-electron chi connectivity index (χ0n) is 10.7. The molecule has 16 heavy (non-hydrogen) atoms. The number of oxime groups is 1. The number of rotatable bonds is 1. The molecule has 94 valence electrons. The first-order valence-corrected chi connectivity index (χ1v) is 7.03. The van der Waals surface area contributed by atoms with Gasteiger partial charge in [-0.25, -0.2) is 0 Å². The van der Waals surface area contributed by atoms with E-state index in [1.165, 1.54) is 70.6 Å². The molecule has 1 rings (SSSR count). The van der Waals surface area contributed by atoms with E-state index < -0.39 is 0 Å². The molecule has 0 heterocycles. The number of nitrogens with zero attached hydrogens (tertiary/aromatic N) is 1. The van der Waals surface area contributed by atoms with E-state index in [1.54, 1.807) is 0 Å². The molecule has 0 atom stereocenters. The maximum Gasteiger partial charge on any atom is 0.0570 e. The normalized spacial score (nSPS) is 23.4. The second-order valence-electron chi connectivity index (χ2n) is 5.20. The van der Waals surface area contributed by atoms with Crippen LogP contribution in [-0.2, 0) is 0 Å². The Morgan fingerprint density at radius 2 is 1.19 bits per heavy atom. The topological polar surface area (TPSA) is 32.6 Å². The molecule has 0 saturated heterocycles. The van der Waals surface area contributed by atoms with Gasteiger partial charge in [-0.1, -0.05) is 62.9 Å². The summed E-state index contributed by atoms with van der Waals surface area (Å²) in [5.74, 6) is 0.532. The standard InChI is InChI=1S/C14H27NO/c1-13(15-16)14-11-9-7-5-3-2-4-6-8-10-12-14/h14,16H,2-12H2,1H3. The highest BCUT2D eigenvalue weighted by Gasteiger charge is 2.12. The van der Waals surface area contributed by atoms with E-state index in [4.69, 9.17) is 5.21 Å². The van der Waals surface area contributed by atoms with Gasteiger partial charge in [-0.3, -0.25) is 0 Å². The molecule has 1 aliphatic carbocycles. The highest BCUT2D eigenvalue weighted by atomic mass is 16.4. The fraction of sp³-hybridized carbons (Fsp3) is 0.929. The lowest BCUT2D eigenvalue weighted by Crippen LogP contribution is -2.11. The lowest BCUT2D eigenvalue weighted by molar-refractivity contribution is 0.311. The van der Waals surface area contributed by atoms with Crippen molar-refractivity contribution in [3.05, 3.63) is 0 Å². The fourth-order valence-electron chi connectivity index (χ4n) is 2.66. The van der Waals surface area contributed by atoms with Crippen LogP contribution < -0.4 is 0 Å². The zero-order chi connectivity index (χ0) is 11.6. The largest absolute Gasteiger partial charge is 0.411 e. The molecule has 0 spiro atoms. The van der Waals surface area contributed by atoms with Crippen LogP contribution in [-0.4, -0.2) is 10.9 Å². The molecule has 1 saturated carbocycles. The van der Waals surface area contributed by atoms with Crippen LogP contribution in [0.4, 0.5) is 0 Å². The average Bonchev–Trinajstić information content (AvgIpc) is 2.29. The van der Waals surface area contributed by atoms with E-state index in [0.29, 0.717) is 5.92 Å². The second kappa shape index (κ2) is 8.60. The van der Waals surface area contributed by atoms with Gasteiger partial charge >= 0.3 is 0 Å². The van der Waals surface area contributed by atoms with Crippen LogP contribution in [0.15, 0.2) is 5.16 Å². The molecule has 2 nitrogen and oxygen atoms in total. The van der Waals surface area contributed by atoms with Crippen molar-refractivity contribution < 1.29 is 5.21 Å². The molecule has 1 N–H and O–H groups in total. The first kappa shape index (κ1) is 13.5. The van der Waals surface area contributed by atoms with Crippen molar-refractivity contribution in [2.45, 2.75) is 77.6 Å². The van der Waals surface area contributed by atoms with Gasteiger partial charge in [0.1, 0.15) is 0 Å². The Labute approximate surface area is 100 Å². The Morgan fingerprint density at radius 1 is 0.812 bits per heavy atom. The molecule has 2 heteroatoms. The Kier molecular flexibility index (Phi) is 7.28. The van der Waals surface area contributed by atoms with Crippen molar-refractivity contribution in [3.8, 4) is 0 Å². The van der Waals surface area contributed by atoms with Gasteiger partial charge < -0.3 is 5.21 Å². The van der Waals surface area contributed by atoms with E-state index in [9.17, 15) is 0 Å². The monoisotopic (exact) mass is 225 g/mol. The lowest BCUT2D eigenvalue weighted by Gasteiger charge is -2.16. The van der Waals surface area contributed by atoms with Crippen molar-refractivity contribution >= 4 is 5.71 Å². The summed E-state index contributed by atoms with van der Waals surface area (Å²) in [6, 6.07) is 0. The highest BCUT2D eigenvalue weighted by Crippen LogP contribution is 2.22. The van der Waals surface area contributed by atoms with E-state index in [0.717, 1.165) is 5.71 Å². The zero-order valence-corrected chi connectivity index (χ0v) is 10.7. The Morgan fingerprint density at radius 3 is 1.56 bits per heavy atom. The van der Waals surface area contributed by atoms with E-state index in [-0.39, 0.29) is 0 Å². The quantitative estimate of drug-likeness (QED) is 0.389. The van der Waals surface area contributed by atoms with Gasteiger partial charge in [0.05, 0.1) is 5.71 Å². The molecule has 0 aromatic rings. The van der Waals surface area contributed by atoms with Crippen molar-refractivity contribution in [1.82, 2.24) is 0 Å². The first-order valence-electron chi connectivity index (χ1n) is 7.03. The third-order valence-electron chi connectivity index (χ3n) is 3.85. The van der Waals surface area contributed by atoms with Crippen LogP contribution >= 0.6 is 0 Å². The maximum absolute atomic E-state index is 8.86. The van der Waals surface area contributed by atoms with Crippen LogP contribution in [0.25, 0.3) is 0 Å². The molecule has 0 bridgehead atoms. The third-order valence-corrected chi connectivity index (χ3v) is 3.85. The van der Waals surface area contributed by atoms with Gasteiger partial charge in [0.25, 0.3) is 0 Å². The van der Waals surface area contributed by atoms with Gasteiger partial charge in [-0.05, 0) is 19.8 Å². The molecule has 0 aliphatic heterocycles. The van der Waals surface area contributed by atoms with E-state index >= 15 is 0 Å². The lowest BCUT2D eigenvalue weighted by atomic mass is 9.90. The van der Waals surface area contributed by atoms with Crippen LogP contribution in [0.2, 0.25) is 0 Å². The van der Waals surface area contributed by atoms with Crippen LogP contribution in [0.3, 0.4) is 0 Å². The van der Waals surface area contributed by atoms with Gasteiger partial charge in [-0.15, -0.1) is 0 Å². The second-order valence-corrected chi connectivity index (χ2v) is 5.20. The average molecular weight is 225 g/mol. The molecule has 0 aromatic carbocycles. The van der Waals surface area contributed by atoms with Gasteiger partial charge in [0.15, 0.2) is 0 Å². The Balaban J connectivity index is 2.36. The van der Waals surface area contributed by atoms with Gasteiger partial charge in [-0.2, -0.15) is 0 Å². The summed E-state index contributed by atoms with van der Waals surface area (Å²) in [7, 11) is 0. The smallest absolute Gasteiger partial charge is 0.0570 e. The fourth-order valence-corrected chi connectivity index (χ4v) is 2.66. The summed E-state index contributed by atoms with van der Waals surface area (Å²) in [5.41, 5.74) is 0.942. The highest BCUT2D eigenvalue weighted by molar-refractivity contribution is 5.83. The minimum absolute atomic E-state index is 0.532. The molecule has 0 unspecified atom stereocenters. The molecular formula is C14H27NO. The van der Waals surface area contributed by atoms with Crippen molar-refractivity contribution in [3.63, 3.8) is 0 Å². The molecular weight excluding hydrogens is 198 g/mol. The molecule has 0 aromatic heterocycles. The summed E-state index contributed by atoms with van der Waals surface area (Å²) < 4.78 is 0. The number of hydrogen-bond acceptors (Lipinski definition) is 2. The predicted octanol–water partition coefficient (Wildman–Crippen LogP) is 4.76. The van der Waals surface area contributed by atoms with Crippen LogP contribution in [0.5, 0.6) is 0 Å². The maximum atomic E-state index is 8.86.